The Hall–Kier alpha value is -3.80. The number of carbonyl (C=O) groups is 1. The number of para-hydroxylation sites is 1. The first-order valence-corrected chi connectivity index (χ1v) is 8.72. The van der Waals surface area contributed by atoms with Gasteiger partial charge in [-0.1, -0.05) is 54.6 Å². The molecule has 0 aliphatic rings. The number of amidine groups is 1. The SMILES string of the molecule is N/N=C(\N)c1cccc(-c2cccc(COc3ccccc3CC(=O)O)c2)c1. The Bertz CT molecular complexity index is 1020. The van der Waals surface area contributed by atoms with Crippen molar-refractivity contribution in [2.75, 3.05) is 0 Å². The van der Waals surface area contributed by atoms with Crippen LogP contribution in [-0.2, 0) is 17.8 Å². The molecule has 142 valence electrons. The quantitative estimate of drug-likeness (QED) is 0.254. The summed E-state index contributed by atoms with van der Waals surface area (Å²) in [4.78, 5) is 11.0. The lowest BCUT2D eigenvalue weighted by Gasteiger charge is -2.11. The molecule has 28 heavy (non-hydrogen) atoms. The van der Waals surface area contributed by atoms with Crippen LogP contribution in [0.3, 0.4) is 0 Å². The molecule has 6 nitrogen and oxygen atoms in total. The molecule has 0 saturated carbocycles. The largest absolute Gasteiger partial charge is 0.489 e. The highest BCUT2D eigenvalue weighted by atomic mass is 16.5. The van der Waals surface area contributed by atoms with E-state index < -0.39 is 5.97 Å². The fourth-order valence-corrected chi connectivity index (χ4v) is 2.89. The van der Waals surface area contributed by atoms with E-state index in [4.69, 9.17) is 21.4 Å². The van der Waals surface area contributed by atoms with Gasteiger partial charge in [-0.25, -0.2) is 0 Å². The van der Waals surface area contributed by atoms with E-state index >= 15 is 0 Å². The molecule has 0 aromatic heterocycles. The molecule has 6 heteroatoms. The van der Waals surface area contributed by atoms with Crippen molar-refractivity contribution in [3.63, 3.8) is 0 Å². The molecule has 0 aliphatic heterocycles. The second kappa shape index (κ2) is 8.73. The van der Waals surface area contributed by atoms with Gasteiger partial charge in [-0.15, -0.1) is 0 Å². The fourth-order valence-electron chi connectivity index (χ4n) is 2.89. The van der Waals surface area contributed by atoms with Gasteiger partial charge in [0.15, 0.2) is 0 Å². The minimum absolute atomic E-state index is 0.0763. The van der Waals surface area contributed by atoms with Gasteiger partial charge in [0.1, 0.15) is 18.2 Å². The summed E-state index contributed by atoms with van der Waals surface area (Å²) in [5.74, 6) is 5.22. The fraction of sp³-hybridized carbons (Fsp3) is 0.0909. The molecule has 0 unspecified atom stereocenters. The van der Waals surface area contributed by atoms with Crippen molar-refractivity contribution in [3.05, 3.63) is 89.5 Å². The van der Waals surface area contributed by atoms with Crippen molar-refractivity contribution in [2.24, 2.45) is 16.7 Å². The van der Waals surface area contributed by atoms with Gasteiger partial charge in [0.25, 0.3) is 0 Å². The van der Waals surface area contributed by atoms with Crippen LogP contribution < -0.4 is 16.3 Å². The molecule has 3 aromatic carbocycles. The zero-order valence-electron chi connectivity index (χ0n) is 15.2. The van der Waals surface area contributed by atoms with Crippen LogP contribution in [0.25, 0.3) is 11.1 Å². The minimum atomic E-state index is -0.891. The van der Waals surface area contributed by atoms with Crippen LogP contribution in [0.15, 0.2) is 77.9 Å². The van der Waals surface area contributed by atoms with Gasteiger partial charge in [-0.05, 0) is 34.9 Å². The highest BCUT2D eigenvalue weighted by Gasteiger charge is 2.08. The lowest BCUT2D eigenvalue weighted by Crippen LogP contribution is -2.15. The van der Waals surface area contributed by atoms with Crippen molar-refractivity contribution in [3.8, 4) is 16.9 Å². The summed E-state index contributed by atoms with van der Waals surface area (Å²) in [6.45, 7) is 0.330. The number of nitrogens with zero attached hydrogens (tertiary/aromatic N) is 1. The van der Waals surface area contributed by atoms with Crippen molar-refractivity contribution in [1.29, 1.82) is 0 Å². The number of nitrogens with two attached hydrogens (primary N) is 2. The Balaban J connectivity index is 1.79. The summed E-state index contributed by atoms with van der Waals surface area (Å²) < 4.78 is 5.88. The minimum Gasteiger partial charge on any atom is -0.489 e. The third-order valence-electron chi connectivity index (χ3n) is 4.27. The molecule has 0 atom stereocenters. The maximum atomic E-state index is 11.0. The molecule has 3 rings (SSSR count). The number of carboxylic acids is 1. The molecular formula is C22H21N3O3. The molecule has 0 amide bonds. The van der Waals surface area contributed by atoms with Crippen molar-refractivity contribution in [2.45, 2.75) is 13.0 Å². The van der Waals surface area contributed by atoms with E-state index in [1.54, 1.807) is 18.2 Å². The lowest BCUT2D eigenvalue weighted by molar-refractivity contribution is -0.136. The summed E-state index contributed by atoms with van der Waals surface area (Å²) in [7, 11) is 0. The van der Waals surface area contributed by atoms with Crippen LogP contribution in [0.4, 0.5) is 0 Å². The third-order valence-corrected chi connectivity index (χ3v) is 4.27. The molecule has 0 saturated heterocycles. The number of ether oxygens (including phenoxy) is 1. The highest BCUT2D eigenvalue weighted by Crippen LogP contribution is 2.24. The number of hydrogen-bond donors (Lipinski definition) is 3. The monoisotopic (exact) mass is 375 g/mol. The number of hydrazone groups is 1. The van der Waals surface area contributed by atoms with Gasteiger partial charge in [0.2, 0.25) is 0 Å². The smallest absolute Gasteiger partial charge is 0.307 e. The van der Waals surface area contributed by atoms with Gasteiger partial charge in [0, 0.05) is 11.1 Å². The number of rotatable bonds is 7. The van der Waals surface area contributed by atoms with Crippen LogP contribution in [0.5, 0.6) is 5.75 Å². The molecule has 0 fully saturated rings. The summed E-state index contributed by atoms with van der Waals surface area (Å²) in [5.41, 5.74) is 10.2. The van der Waals surface area contributed by atoms with E-state index in [0.29, 0.717) is 17.9 Å². The maximum absolute atomic E-state index is 11.0. The molecule has 0 bridgehead atoms. The van der Waals surface area contributed by atoms with Gasteiger partial charge < -0.3 is 21.4 Å². The Morgan fingerprint density at radius 1 is 0.964 bits per heavy atom. The Morgan fingerprint density at radius 2 is 1.68 bits per heavy atom. The molecular weight excluding hydrogens is 354 g/mol. The standard InChI is InChI=1S/C22H21N3O3/c23-22(25-24)19-9-4-8-17(12-19)16-7-3-5-15(11-16)14-28-20-10-2-1-6-18(20)13-21(26)27/h1-12H,13-14,24H2,(H2,23,25)(H,26,27). The van der Waals surface area contributed by atoms with Crippen LogP contribution in [-0.4, -0.2) is 16.9 Å². The first-order chi connectivity index (χ1) is 13.6. The third kappa shape index (κ3) is 4.67. The van der Waals surface area contributed by atoms with Crippen LogP contribution in [0.2, 0.25) is 0 Å². The van der Waals surface area contributed by atoms with E-state index in [1.165, 1.54) is 0 Å². The van der Waals surface area contributed by atoms with Gasteiger partial charge in [0.05, 0.1) is 6.42 Å². The summed E-state index contributed by atoms with van der Waals surface area (Å²) >= 11 is 0. The summed E-state index contributed by atoms with van der Waals surface area (Å²) in [6, 6.07) is 22.7. The lowest BCUT2D eigenvalue weighted by atomic mass is 10.0. The van der Waals surface area contributed by atoms with Gasteiger partial charge in [-0.2, -0.15) is 5.10 Å². The normalized spacial score (nSPS) is 11.2. The molecule has 0 heterocycles. The van der Waals surface area contributed by atoms with E-state index in [0.717, 1.165) is 22.3 Å². The van der Waals surface area contributed by atoms with Crippen molar-refractivity contribution < 1.29 is 14.6 Å². The summed E-state index contributed by atoms with van der Waals surface area (Å²) in [6.07, 6.45) is -0.0763. The Labute approximate surface area is 163 Å². The van der Waals surface area contributed by atoms with Crippen LogP contribution in [0.1, 0.15) is 16.7 Å². The van der Waals surface area contributed by atoms with Gasteiger partial charge in [-0.3, -0.25) is 4.79 Å². The van der Waals surface area contributed by atoms with Crippen molar-refractivity contribution >= 4 is 11.8 Å². The highest BCUT2D eigenvalue weighted by molar-refractivity contribution is 5.98. The summed E-state index contributed by atoms with van der Waals surface area (Å²) in [5, 5.41) is 12.6. The van der Waals surface area contributed by atoms with Gasteiger partial charge >= 0.3 is 5.97 Å². The maximum Gasteiger partial charge on any atom is 0.307 e. The zero-order valence-corrected chi connectivity index (χ0v) is 15.2. The second-order valence-electron chi connectivity index (χ2n) is 6.26. The first kappa shape index (κ1) is 19.0. The van der Waals surface area contributed by atoms with E-state index in [-0.39, 0.29) is 12.3 Å². The van der Waals surface area contributed by atoms with Crippen LogP contribution in [0, 0.1) is 0 Å². The molecule has 0 radical (unpaired) electrons. The number of hydrogen-bond acceptors (Lipinski definition) is 4. The number of benzene rings is 3. The predicted molar refractivity (Wildman–Crippen MR) is 109 cm³/mol. The van der Waals surface area contributed by atoms with E-state index in [2.05, 4.69) is 5.10 Å². The average molecular weight is 375 g/mol. The topological polar surface area (TPSA) is 111 Å². The Morgan fingerprint density at radius 3 is 2.43 bits per heavy atom. The van der Waals surface area contributed by atoms with E-state index in [1.807, 2.05) is 54.6 Å². The molecule has 0 aliphatic carbocycles. The average Bonchev–Trinajstić information content (AvgIpc) is 2.72. The van der Waals surface area contributed by atoms with E-state index in [9.17, 15) is 4.79 Å². The van der Waals surface area contributed by atoms with Crippen LogP contribution >= 0.6 is 0 Å². The second-order valence-corrected chi connectivity index (χ2v) is 6.26. The molecule has 0 spiro atoms. The predicted octanol–water partition coefficient (Wildman–Crippen LogP) is 3.14. The zero-order chi connectivity index (χ0) is 19.9. The van der Waals surface area contributed by atoms with Crippen molar-refractivity contribution in [1.82, 2.24) is 0 Å². The molecule has 3 aromatic rings. The Kier molecular flexibility index (Phi) is 5.91. The molecule has 5 N–H and O–H groups in total. The number of carboxylic acid groups (broad SMARTS) is 1. The first-order valence-electron chi connectivity index (χ1n) is 8.72. The number of aliphatic carboxylic acids is 1.